The highest BCUT2D eigenvalue weighted by Crippen LogP contribution is 2.31. The molecule has 8 heteroatoms. The minimum atomic E-state index is -4.81. The average molecular weight is 273 g/mol. The molecule has 19 heavy (non-hydrogen) atoms. The van der Waals surface area contributed by atoms with Crippen molar-refractivity contribution in [1.82, 2.24) is 10.6 Å². The van der Waals surface area contributed by atoms with Crippen LogP contribution in [0.4, 0.5) is 13.2 Å². The molecule has 0 spiro atoms. The van der Waals surface area contributed by atoms with E-state index in [0.29, 0.717) is 0 Å². The zero-order valence-electron chi connectivity index (χ0n) is 9.78. The van der Waals surface area contributed by atoms with E-state index in [2.05, 4.69) is 20.4 Å². The normalized spacial score (nSPS) is 21.2. The summed E-state index contributed by atoms with van der Waals surface area (Å²) < 4.78 is 40.7. The molecule has 1 atom stereocenters. The van der Waals surface area contributed by atoms with Crippen LogP contribution in [0.5, 0.6) is 5.75 Å². The molecule has 0 aliphatic carbocycles. The maximum atomic E-state index is 12.3. The van der Waals surface area contributed by atoms with Gasteiger partial charge in [-0.1, -0.05) is 18.2 Å². The van der Waals surface area contributed by atoms with Gasteiger partial charge in [-0.25, -0.2) is 0 Å². The zero-order valence-corrected chi connectivity index (χ0v) is 9.78. The van der Waals surface area contributed by atoms with Crippen molar-refractivity contribution in [2.45, 2.75) is 12.4 Å². The van der Waals surface area contributed by atoms with E-state index >= 15 is 0 Å². The summed E-state index contributed by atoms with van der Waals surface area (Å²) in [6.45, 7) is 0. The van der Waals surface area contributed by atoms with E-state index in [1.165, 1.54) is 25.2 Å². The molecule has 2 rings (SSSR count). The van der Waals surface area contributed by atoms with E-state index in [0.717, 1.165) is 6.07 Å². The number of carbonyl (C=O) groups excluding carboxylic acids is 1. The molecule has 1 fully saturated rings. The summed E-state index contributed by atoms with van der Waals surface area (Å²) in [6, 6.07) is 4.49. The number of ether oxygens (including phenoxy) is 1. The number of para-hydroxylation sites is 1. The number of guanidine groups is 1. The lowest BCUT2D eigenvalue weighted by molar-refractivity contribution is -0.275. The lowest BCUT2D eigenvalue weighted by atomic mass is 10.1. The van der Waals surface area contributed by atoms with Crippen molar-refractivity contribution in [2.75, 3.05) is 7.05 Å². The van der Waals surface area contributed by atoms with E-state index in [-0.39, 0.29) is 11.5 Å². The highest BCUT2D eigenvalue weighted by molar-refractivity contribution is 6.06. The number of alkyl halides is 3. The molecule has 1 saturated heterocycles. The summed E-state index contributed by atoms with van der Waals surface area (Å²) in [7, 11) is 1.45. The van der Waals surface area contributed by atoms with Crippen molar-refractivity contribution in [2.24, 2.45) is 4.99 Å². The molecule has 2 N–H and O–H groups in total. The molecule has 1 unspecified atom stereocenters. The molecule has 1 aliphatic rings. The average Bonchev–Trinajstić information content (AvgIpc) is 2.69. The van der Waals surface area contributed by atoms with Gasteiger partial charge in [0.05, 0.1) is 0 Å². The van der Waals surface area contributed by atoms with Gasteiger partial charge in [0.15, 0.2) is 5.96 Å². The molecule has 1 aromatic rings. The Balaban J connectivity index is 2.33. The highest BCUT2D eigenvalue weighted by Gasteiger charge is 2.36. The van der Waals surface area contributed by atoms with Crippen LogP contribution in [0.25, 0.3) is 0 Å². The maximum Gasteiger partial charge on any atom is 0.573 e. The molecular weight excluding hydrogens is 263 g/mol. The first kappa shape index (κ1) is 13.2. The van der Waals surface area contributed by atoms with E-state index in [1.54, 1.807) is 0 Å². The number of rotatable bonds is 2. The van der Waals surface area contributed by atoms with Gasteiger partial charge in [-0.15, -0.1) is 13.2 Å². The number of hydrogen-bond donors (Lipinski definition) is 2. The van der Waals surface area contributed by atoms with Crippen molar-refractivity contribution in [3.63, 3.8) is 0 Å². The number of nitrogens with one attached hydrogen (secondary N) is 2. The van der Waals surface area contributed by atoms with Crippen molar-refractivity contribution in [3.8, 4) is 5.75 Å². The van der Waals surface area contributed by atoms with Crippen LogP contribution in [0, 0.1) is 0 Å². The molecule has 0 bridgehead atoms. The van der Waals surface area contributed by atoms with Gasteiger partial charge in [0.1, 0.15) is 11.8 Å². The van der Waals surface area contributed by atoms with Crippen LogP contribution in [0.2, 0.25) is 0 Å². The first-order valence-corrected chi connectivity index (χ1v) is 5.29. The lowest BCUT2D eigenvalue weighted by Gasteiger charge is -2.15. The standard InChI is InChI=1S/C11H10F3N3O2/c1-15-10-16-8(9(18)17-10)6-4-2-3-5-7(6)19-11(12,13)14/h2-5,8H,1H3,(H2,15,16,17,18). The number of benzene rings is 1. The predicted octanol–water partition coefficient (Wildman–Crippen LogP) is 1.33. The van der Waals surface area contributed by atoms with Crippen molar-refractivity contribution in [1.29, 1.82) is 0 Å². The molecule has 1 heterocycles. The van der Waals surface area contributed by atoms with Gasteiger partial charge in [0, 0.05) is 12.6 Å². The summed E-state index contributed by atoms with van der Waals surface area (Å²) in [5.41, 5.74) is 0.0935. The van der Waals surface area contributed by atoms with Crippen molar-refractivity contribution >= 4 is 11.9 Å². The molecule has 0 radical (unpaired) electrons. The van der Waals surface area contributed by atoms with Gasteiger partial charge in [0.2, 0.25) is 0 Å². The number of halogens is 3. The van der Waals surface area contributed by atoms with Gasteiger partial charge in [-0.3, -0.25) is 15.1 Å². The van der Waals surface area contributed by atoms with Crippen LogP contribution in [-0.2, 0) is 4.79 Å². The summed E-state index contributed by atoms with van der Waals surface area (Å²) in [5.74, 6) is -0.698. The van der Waals surface area contributed by atoms with E-state index in [1.807, 2.05) is 0 Å². The Kier molecular flexibility index (Phi) is 3.32. The first-order chi connectivity index (χ1) is 8.90. The Bertz CT molecular complexity index is 528. The number of hydrogen-bond acceptors (Lipinski definition) is 3. The fourth-order valence-corrected chi connectivity index (χ4v) is 1.70. The van der Waals surface area contributed by atoms with Crippen LogP contribution in [0.3, 0.4) is 0 Å². The van der Waals surface area contributed by atoms with Crippen LogP contribution in [-0.4, -0.2) is 25.3 Å². The monoisotopic (exact) mass is 273 g/mol. The SMILES string of the molecule is CN=C1NC(=O)C(c2ccccc2OC(F)(F)F)N1. The van der Waals surface area contributed by atoms with E-state index < -0.39 is 24.1 Å². The lowest BCUT2D eigenvalue weighted by Crippen LogP contribution is -2.25. The molecule has 0 aromatic heterocycles. The summed E-state index contributed by atoms with van der Waals surface area (Å²) in [5, 5.41) is 5.08. The minimum absolute atomic E-state index is 0.0935. The van der Waals surface area contributed by atoms with Gasteiger partial charge < -0.3 is 10.1 Å². The maximum absolute atomic E-state index is 12.3. The molecule has 5 nitrogen and oxygen atoms in total. The minimum Gasteiger partial charge on any atom is -0.405 e. The van der Waals surface area contributed by atoms with Crippen LogP contribution >= 0.6 is 0 Å². The topological polar surface area (TPSA) is 62.7 Å². The number of nitrogens with zero attached hydrogens (tertiary/aromatic N) is 1. The molecule has 102 valence electrons. The second-order valence-corrected chi connectivity index (χ2v) is 3.72. The van der Waals surface area contributed by atoms with Gasteiger partial charge in [-0.2, -0.15) is 0 Å². The third-order valence-electron chi connectivity index (χ3n) is 2.46. The Morgan fingerprint density at radius 1 is 1.32 bits per heavy atom. The van der Waals surface area contributed by atoms with Crippen LogP contribution < -0.4 is 15.4 Å². The highest BCUT2D eigenvalue weighted by atomic mass is 19.4. The Morgan fingerprint density at radius 3 is 2.58 bits per heavy atom. The second-order valence-electron chi connectivity index (χ2n) is 3.72. The smallest absolute Gasteiger partial charge is 0.405 e. The largest absolute Gasteiger partial charge is 0.573 e. The third-order valence-corrected chi connectivity index (χ3v) is 2.46. The van der Waals surface area contributed by atoms with Crippen LogP contribution in [0.15, 0.2) is 29.3 Å². The molecule has 1 amide bonds. The second kappa shape index (κ2) is 4.79. The Labute approximate surface area is 106 Å². The number of amides is 1. The van der Waals surface area contributed by atoms with E-state index in [4.69, 9.17) is 0 Å². The fraction of sp³-hybridized carbons (Fsp3) is 0.273. The first-order valence-electron chi connectivity index (χ1n) is 5.29. The molecule has 0 saturated carbocycles. The quantitative estimate of drug-likeness (QED) is 0.854. The van der Waals surface area contributed by atoms with Crippen molar-refractivity contribution < 1.29 is 22.7 Å². The summed E-state index contributed by atoms with van der Waals surface area (Å²) in [6.07, 6.45) is -4.81. The molecule has 1 aliphatic heterocycles. The van der Waals surface area contributed by atoms with Gasteiger partial charge in [-0.05, 0) is 6.07 Å². The summed E-state index contributed by atoms with van der Waals surface area (Å²) in [4.78, 5) is 15.4. The van der Waals surface area contributed by atoms with Gasteiger partial charge >= 0.3 is 6.36 Å². The number of aliphatic imine (C=N–C) groups is 1. The fourth-order valence-electron chi connectivity index (χ4n) is 1.70. The van der Waals surface area contributed by atoms with Crippen molar-refractivity contribution in [3.05, 3.63) is 29.8 Å². The third kappa shape index (κ3) is 2.95. The van der Waals surface area contributed by atoms with E-state index in [9.17, 15) is 18.0 Å². The number of carbonyl (C=O) groups is 1. The zero-order chi connectivity index (χ0) is 14.0. The Hall–Kier alpha value is -2.25. The van der Waals surface area contributed by atoms with Gasteiger partial charge in [0.25, 0.3) is 5.91 Å². The Morgan fingerprint density at radius 2 is 2.00 bits per heavy atom. The predicted molar refractivity (Wildman–Crippen MR) is 60.5 cm³/mol. The van der Waals surface area contributed by atoms with Crippen LogP contribution in [0.1, 0.15) is 11.6 Å². The summed E-state index contributed by atoms with van der Waals surface area (Å²) >= 11 is 0. The molecule has 1 aromatic carbocycles. The molecular formula is C11H10F3N3O2.